The van der Waals surface area contributed by atoms with Crippen LogP contribution in [-0.4, -0.2) is 39.5 Å². The Bertz CT molecular complexity index is 622. The average molecular weight is 266 g/mol. The molecule has 0 spiro atoms. The summed E-state index contributed by atoms with van der Waals surface area (Å²) in [6.07, 6.45) is -4.92. The van der Waals surface area contributed by atoms with Gasteiger partial charge in [0.15, 0.2) is 0 Å². The zero-order valence-electron chi connectivity index (χ0n) is 9.32. The van der Waals surface area contributed by atoms with Gasteiger partial charge in [0.1, 0.15) is 17.8 Å². The minimum atomic E-state index is -4.51. The first-order chi connectivity index (χ1) is 8.30. The van der Waals surface area contributed by atoms with Gasteiger partial charge in [-0.2, -0.15) is 13.2 Å². The van der Waals surface area contributed by atoms with E-state index in [9.17, 15) is 18.0 Å². The van der Waals surface area contributed by atoms with E-state index in [-0.39, 0.29) is 35.7 Å². The molecule has 1 N–H and O–H groups in total. The first-order valence-electron chi connectivity index (χ1n) is 5.04. The number of carboxylic acid groups (broad SMARTS) is 1. The zero-order chi connectivity index (χ0) is 13.5. The number of para-hydroxylation sites is 1. The van der Waals surface area contributed by atoms with E-state index < -0.39 is 24.1 Å². The molecule has 0 saturated carbocycles. The Hall–Kier alpha value is -1.45. The number of nitrogens with zero attached hydrogens (tertiary/aromatic N) is 2. The molecular weight excluding hydrogens is 256 g/mol. The molecule has 0 fully saturated rings. The molecule has 1 aromatic carbocycles. The first kappa shape index (κ1) is 15.6. The van der Waals surface area contributed by atoms with Gasteiger partial charge in [-0.15, -0.1) is 0 Å². The molecule has 0 unspecified atom stereocenters. The van der Waals surface area contributed by atoms with Gasteiger partial charge in [-0.05, 0) is 12.1 Å². The molecule has 0 amide bonds. The summed E-state index contributed by atoms with van der Waals surface area (Å²) in [5.74, 6) is -1.05. The van der Waals surface area contributed by atoms with Crippen molar-refractivity contribution in [1.82, 2.24) is 9.55 Å². The van der Waals surface area contributed by atoms with Crippen molar-refractivity contribution in [3.63, 3.8) is 0 Å². The number of fused-ring (bicyclic) bond motifs is 1. The van der Waals surface area contributed by atoms with E-state index in [1.165, 1.54) is 23.7 Å². The second kappa shape index (κ2) is 5.27. The van der Waals surface area contributed by atoms with Crippen molar-refractivity contribution >= 4 is 35.9 Å². The van der Waals surface area contributed by atoms with Gasteiger partial charge in [0, 0.05) is 7.05 Å². The summed E-state index contributed by atoms with van der Waals surface area (Å²) < 4.78 is 39.6. The number of halogens is 3. The van der Waals surface area contributed by atoms with Crippen LogP contribution < -0.4 is 0 Å². The third kappa shape index (κ3) is 2.93. The van der Waals surface area contributed by atoms with Gasteiger partial charge in [0.25, 0.3) is 0 Å². The predicted molar refractivity (Wildman–Crippen MR) is 64.2 cm³/mol. The van der Waals surface area contributed by atoms with Crippen LogP contribution in [-0.2, 0) is 24.4 Å². The monoisotopic (exact) mass is 266 g/mol. The number of hydrogen-bond acceptors (Lipinski definition) is 2. The summed E-state index contributed by atoms with van der Waals surface area (Å²) in [6, 6.07) is 3.68. The fourth-order valence-electron chi connectivity index (χ4n) is 1.78. The number of aliphatic carboxylic acids is 1. The number of alkyl halides is 3. The molecule has 0 aliphatic carbocycles. The van der Waals surface area contributed by atoms with Crippen LogP contribution in [0.2, 0.25) is 0 Å². The van der Waals surface area contributed by atoms with Crippen molar-refractivity contribution in [1.29, 1.82) is 0 Å². The summed E-state index contributed by atoms with van der Waals surface area (Å²) in [7, 11) is 1.49. The van der Waals surface area contributed by atoms with Crippen LogP contribution in [0.15, 0.2) is 18.2 Å². The number of carboxylic acids is 1. The van der Waals surface area contributed by atoms with E-state index in [1.807, 2.05) is 0 Å². The molecule has 19 heavy (non-hydrogen) atoms. The Kier molecular flexibility index (Phi) is 4.33. The number of aromatic nitrogens is 2. The third-order valence-corrected chi connectivity index (χ3v) is 2.62. The molecule has 0 aliphatic rings. The van der Waals surface area contributed by atoms with Gasteiger partial charge < -0.3 is 9.67 Å². The molecule has 4 nitrogen and oxygen atoms in total. The molecule has 2 aromatic rings. The van der Waals surface area contributed by atoms with Crippen molar-refractivity contribution in [3.05, 3.63) is 29.6 Å². The SMILES string of the molecule is Cn1c(CC(=O)O)nc2c(C(F)(F)F)cccc21.[LiH]. The van der Waals surface area contributed by atoms with Crippen molar-refractivity contribution in [3.8, 4) is 0 Å². The minimum absolute atomic E-state index is 0. The summed E-state index contributed by atoms with van der Waals surface area (Å²) in [5, 5.41) is 8.67. The molecule has 8 heteroatoms. The predicted octanol–water partition coefficient (Wildman–Crippen LogP) is 1.57. The number of benzene rings is 1. The second-order valence-electron chi connectivity index (χ2n) is 3.83. The van der Waals surface area contributed by atoms with Crippen molar-refractivity contribution in [2.75, 3.05) is 0 Å². The number of carbonyl (C=O) groups is 1. The van der Waals surface area contributed by atoms with Crippen molar-refractivity contribution in [2.45, 2.75) is 12.6 Å². The van der Waals surface area contributed by atoms with Gasteiger partial charge in [0.2, 0.25) is 0 Å². The molecule has 0 bridgehead atoms. The van der Waals surface area contributed by atoms with Gasteiger partial charge in [-0.25, -0.2) is 4.98 Å². The van der Waals surface area contributed by atoms with E-state index in [0.717, 1.165) is 6.07 Å². The summed E-state index contributed by atoms with van der Waals surface area (Å²) in [5.41, 5.74) is -0.808. The Morgan fingerprint density at radius 3 is 2.58 bits per heavy atom. The Morgan fingerprint density at radius 1 is 1.42 bits per heavy atom. The molecule has 1 heterocycles. The van der Waals surface area contributed by atoms with Crippen LogP contribution in [0.1, 0.15) is 11.4 Å². The molecular formula is C11H10F3LiN2O2. The Morgan fingerprint density at radius 2 is 2.05 bits per heavy atom. The van der Waals surface area contributed by atoms with E-state index >= 15 is 0 Å². The molecule has 0 aliphatic heterocycles. The van der Waals surface area contributed by atoms with Crippen LogP contribution in [0.3, 0.4) is 0 Å². The van der Waals surface area contributed by atoms with Gasteiger partial charge in [-0.3, -0.25) is 4.79 Å². The fraction of sp³-hybridized carbons (Fsp3) is 0.273. The Balaban J connectivity index is 0.00000180. The quantitative estimate of drug-likeness (QED) is 0.839. The summed E-state index contributed by atoms with van der Waals surface area (Å²) in [4.78, 5) is 14.4. The molecule has 98 valence electrons. The van der Waals surface area contributed by atoms with Gasteiger partial charge >= 0.3 is 31.0 Å². The topological polar surface area (TPSA) is 55.1 Å². The maximum atomic E-state index is 12.8. The normalized spacial score (nSPS) is 11.4. The molecule has 0 atom stereocenters. The standard InChI is InChI=1S/C11H9F3N2O2.Li.H/c1-16-7-4-2-3-6(11(12,13)14)10(7)15-8(16)5-9(17)18;;/h2-4H,5H2,1H3,(H,17,18);;. The number of imidazole rings is 1. The van der Waals surface area contributed by atoms with Gasteiger partial charge in [0.05, 0.1) is 11.1 Å². The summed E-state index contributed by atoms with van der Waals surface area (Å²) >= 11 is 0. The van der Waals surface area contributed by atoms with E-state index in [0.29, 0.717) is 0 Å². The summed E-state index contributed by atoms with van der Waals surface area (Å²) in [6.45, 7) is 0. The fourth-order valence-corrected chi connectivity index (χ4v) is 1.78. The molecule has 2 rings (SSSR count). The number of aryl methyl sites for hydroxylation is 1. The van der Waals surface area contributed by atoms with E-state index in [1.54, 1.807) is 0 Å². The third-order valence-electron chi connectivity index (χ3n) is 2.62. The zero-order valence-corrected chi connectivity index (χ0v) is 9.32. The van der Waals surface area contributed by atoms with Crippen LogP contribution >= 0.6 is 0 Å². The number of rotatable bonds is 2. The maximum absolute atomic E-state index is 12.8. The Labute approximate surface area is 118 Å². The van der Waals surface area contributed by atoms with Crippen LogP contribution in [0.4, 0.5) is 13.2 Å². The van der Waals surface area contributed by atoms with Crippen LogP contribution in [0, 0.1) is 0 Å². The van der Waals surface area contributed by atoms with E-state index in [2.05, 4.69) is 4.98 Å². The molecule has 0 radical (unpaired) electrons. The molecule has 0 saturated heterocycles. The van der Waals surface area contributed by atoms with Crippen molar-refractivity contribution < 1.29 is 23.1 Å². The average Bonchev–Trinajstić information content (AvgIpc) is 2.54. The molecule has 1 aromatic heterocycles. The van der Waals surface area contributed by atoms with Crippen molar-refractivity contribution in [2.24, 2.45) is 7.05 Å². The second-order valence-corrected chi connectivity index (χ2v) is 3.83. The first-order valence-corrected chi connectivity index (χ1v) is 5.04. The van der Waals surface area contributed by atoms with Crippen LogP contribution in [0.25, 0.3) is 11.0 Å². The van der Waals surface area contributed by atoms with Gasteiger partial charge in [-0.1, -0.05) is 6.07 Å². The number of hydrogen-bond donors (Lipinski definition) is 1. The van der Waals surface area contributed by atoms with E-state index in [4.69, 9.17) is 5.11 Å². The van der Waals surface area contributed by atoms with Crippen LogP contribution in [0.5, 0.6) is 0 Å².